The SMILES string of the molecule is OC1C2CN(c3cccnc3N2)C1Cl. The normalized spacial score (nSPS) is 33.9. The molecule has 3 atom stereocenters. The van der Waals surface area contributed by atoms with Crippen LogP contribution in [0.15, 0.2) is 18.3 Å². The Morgan fingerprint density at radius 3 is 3.36 bits per heavy atom. The summed E-state index contributed by atoms with van der Waals surface area (Å²) in [5.74, 6) is 0.811. The molecule has 0 amide bonds. The summed E-state index contributed by atoms with van der Waals surface area (Å²) in [6, 6.07) is 3.83. The fourth-order valence-corrected chi connectivity index (χ4v) is 2.43. The molecule has 2 aliphatic heterocycles. The highest BCUT2D eigenvalue weighted by molar-refractivity contribution is 6.23. The lowest BCUT2D eigenvalue weighted by Crippen LogP contribution is -2.35. The van der Waals surface area contributed by atoms with Gasteiger partial charge in [-0.2, -0.15) is 0 Å². The summed E-state index contributed by atoms with van der Waals surface area (Å²) < 4.78 is 0. The van der Waals surface area contributed by atoms with Crippen LogP contribution in [0.2, 0.25) is 0 Å². The Hall–Kier alpha value is -1.000. The molecular formula is C9H10ClN3O. The van der Waals surface area contributed by atoms with Crippen molar-refractivity contribution in [2.75, 3.05) is 16.8 Å². The lowest BCUT2D eigenvalue weighted by atomic mass is 10.2. The van der Waals surface area contributed by atoms with E-state index in [0.29, 0.717) is 0 Å². The van der Waals surface area contributed by atoms with E-state index in [0.717, 1.165) is 18.1 Å². The molecule has 1 saturated heterocycles. The van der Waals surface area contributed by atoms with Gasteiger partial charge in [0.25, 0.3) is 0 Å². The topological polar surface area (TPSA) is 48.4 Å². The molecule has 74 valence electrons. The van der Waals surface area contributed by atoms with Gasteiger partial charge in [0.05, 0.1) is 11.7 Å². The third kappa shape index (κ3) is 0.952. The first-order valence-corrected chi connectivity index (χ1v) is 5.01. The first kappa shape index (κ1) is 8.32. The summed E-state index contributed by atoms with van der Waals surface area (Å²) in [5.41, 5.74) is 0.623. The fraction of sp³-hybridized carbons (Fsp3) is 0.444. The predicted molar refractivity (Wildman–Crippen MR) is 54.6 cm³/mol. The molecule has 2 bridgehead atoms. The van der Waals surface area contributed by atoms with Crippen molar-refractivity contribution in [3.63, 3.8) is 0 Å². The summed E-state index contributed by atoms with van der Waals surface area (Å²) in [6.45, 7) is 0.744. The zero-order valence-corrected chi connectivity index (χ0v) is 8.15. The highest BCUT2D eigenvalue weighted by Crippen LogP contribution is 2.38. The molecule has 0 spiro atoms. The number of aliphatic hydroxyl groups is 1. The number of alkyl halides is 1. The molecule has 0 aromatic carbocycles. The number of pyridine rings is 1. The minimum Gasteiger partial charge on any atom is -0.387 e. The van der Waals surface area contributed by atoms with E-state index in [-0.39, 0.29) is 11.5 Å². The Morgan fingerprint density at radius 1 is 1.64 bits per heavy atom. The lowest BCUT2D eigenvalue weighted by Gasteiger charge is -2.27. The molecule has 2 N–H and O–H groups in total. The van der Waals surface area contributed by atoms with Crippen molar-refractivity contribution in [2.24, 2.45) is 0 Å². The molecule has 1 aromatic heterocycles. The Kier molecular flexibility index (Phi) is 1.63. The molecular weight excluding hydrogens is 202 g/mol. The molecule has 3 unspecified atom stereocenters. The second-order valence-electron chi connectivity index (χ2n) is 3.64. The first-order chi connectivity index (χ1) is 6.77. The Labute approximate surface area is 86.5 Å². The van der Waals surface area contributed by atoms with E-state index in [2.05, 4.69) is 10.3 Å². The number of rotatable bonds is 0. The predicted octanol–water partition coefficient (Wildman–Crippen LogP) is 0.621. The van der Waals surface area contributed by atoms with Crippen LogP contribution in [0.3, 0.4) is 0 Å². The van der Waals surface area contributed by atoms with E-state index in [9.17, 15) is 5.11 Å². The highest BCUT2D eigenvalue weighted by atomic mass is 35.5. The molecule has 5 heteroatoms. The minimum atomic E-state index is -0.536. The van der Waals surface area contributed by atoms with Crippen molar-refractivity contribution in [1.29, 1.82) is 0 Å². The Balaban J connectivity index is 2.10. The molecule has 2 aliphatic rings. The van der Waals surface area contributed by atoms with Crippen molar-refractivity contribution in [1.82, 2.24) is 4.98 Å². The summed E-state index contributed by atoms with van der Waals surface area (Å²) >= 11 is 6.10. The van der Waals surface area contributed by atoms with Gasteiger partial charge in [0, 0.05) is 12.7 Å². The minimum absolute atomic E-state index is 0.0000926. The average Bonchev–Trinajstić information content (AvgIpc) is 2.45. The van der Waals surface area contributed by atoms with Gasteiger partial charge in [-0.15, -0.1) is 0 Å². The van der Waals surface area contributed by atoms with Crippen molar-refractivity contribution in [2.45, 2.75) is 17.6 Å². The summed E-state index contributed by atoms with van der Waals surface area (Å²) in [5, 5.41) is 13.0. The molecule has 14 heavy (non-hydrogen) atoms. The Bertz CT molecular complexity index is 371. The van der Waals surface area contributed by atoms with Crippen LogP contribution in [0.4, 0.5) is 11.5 Å². The maximum atomic E-state index is 9.78. The number of fused-ring (bicyclic) bond motifs is 4. The number of anilines is 2. The third-order valence-electron chi connectivity index (χ3n) is 2.80. The second-order valence-corrected chi connectivity index (χ2v) is 4.08. The van der Waals surface area contributed by atoms with Crippen molar-refractivity contribution in [3.8, 4) is 0 Å². The zero-order chi connectivity index (χ0) is 9.71. The van der Waals surface area contributed by atoms with E-state index < -0.39 is 6.10 Å². The molecule has 1 aromatic rings. The third-order valence-corrected chi connectivity index (χ3v) is 3.30. The Morgan fingerprint density at radius 2 is 2.50 bits per heavy atom. The largest absolute Gasteiger partial charge is 0.387 e. The number of halogens is 1. The molecule has 3 rings (SSSR count). The van der Waals surface area contributed by atoms with E-state index in [1.807, 2.05) is 17.0 Å². The van der Waals surface area contributed by atoms with Crippen LogP contribution in [-0.4, -0.2) is 34.3 Å². The first-order valence-electron chi connectivity index (χ1n) is 4.58. The maximum Gasteiger partial charge on any atom is 0.149 e. The zero-order valence-electron chi connectivity index (χ0n) is 7.39. The van der Waals surface area contributed by atoms with E-state index in [1.54, 1.807) is 6.20 Å². The second kappa shape index (κ2) is 2.74. The van der Waals surface area contributed by atoms with Gasteiger partial charge in [0.2, 0.25) is 0 Å². The van der Waals surface area contributed by atoms with Gasteiger partial charge < -0.3 is 15.3 Å². The van der Waals surface area contributed by atoms with Crippen LogP contribution >= 0.6 is 11.6 Å². The number of aromatic nitrogens is 1. The molecule has 0 radical (unpaired) electrons. The monoisotopic (exact) mass is 211 g/mol. The average molecular weight is 212 g/mol. The number of hydrogen-bond donors (Lipinski definition) is 2. The number of hydrogen-bond acceptors (Lipinski definition) is 4. The van der Waals surface area contributed by atoms with Gasteiger partial charge in [-0.25, -0.2) is 4.98 Å². The van der Waals surface area contributed by atoms with Crippen LogP contribution < -0.4 is 10.2 Å². The van der Waals surface area contributed by atoms with Crippen molar-refractivity contribution in [3.05, 3.63) is 18.3 Å². The van der Waals surface area contributed by atoms with Crippen molar-refractivity contribution >= 4 is 23.1 Å². The van der Waals surface area contributed by atoms with Crippen molar-refractivity contribution < 1.29 is 5.11 Å². The summed E-state index contributed by atoms with van der Waals surface area (Å²) in [6.07, 6.45) is 1.19. The fourth-order valence-electron chi connectivity index (χ4n) is 2.07. The number of nitrogens with one attached hydrogen (secondary N) is 1. The maximum absolute atomic E-state index is 9.78. The van der Waals surface area contributed by atoms with Crippen LogP contribution in [0.5, 0.6) is 0 Å². The van der Waals surface area contributed by atoms with E-state index >= 15 is 0 Å². The van der Waals surface area contributed by atoms with Gasteiger partial charge >= 0.3 is 0 Å². The summed E-state index contributed by atoms with van der Waals surface area (Å²) in [4.78, 5) is 6.19. The molecule has 3 heterocycles. The number of nitrogens with zero attached hydrogens (tertiary/aromatic N) is 2. The molecule has 0 saturated carbocycles. The van der Waals surface area contributed by atoms with Gasteiger partial charge in [-0.05, 0) is 12.1 Å². The van der Waals surface area contributed by atoms with Crippen LogP contribution in [0.1, 0.15) is 0 Å². The number of aliphatic hydroxyl groups excluding tert-OH is 1. The smallest absolute Gasteiger partial charge is 0.149 e. The lowest BCUT2D eigenvalue weighted by molar-refractivity contribution is 0.177. The standard InChI is InChI=1S/C9H10ClN3O/c10-8-7(14)5-4-13(8)6-2-1-3-11-9(6)12-5/h1-3,5,7-8,14H,4H2,(H,11,12). The molecule has 4 nitrogen and oxygen atoms in total. The quantitative estimate of drug-likeness (QED) is 0.488. The van der Waals surface area contributed by atoms with Gasteiger partial charge in [-0.1, -0.05) is 11.6 Å². The van der Waals surface area contributed by atoms with Gasteiger partial charge in [-0.3, -0.25) is 0 Å². The molecule has 0 aliphatic carbocycles. The molecule has 1 fully saturated rings. The highest BCUT2D eigenvalue weighted by Gasteiger charge is 2.44. The van der Waals surface area contributed by atoms with E-state index in [4.69, 9.17) is 11.6 Å². The summed E-state index contributed by atoms with van der Waals surface area (Å²) in [7, 11) is 0. The van der Waals surface area contributed by atoms with E-state index in [1.165, 1.54) is 0 Å². The van der Waals surface area contributed by atoms with Crippen LogP contribution in [-0.2, 0) is 0 Å². The van der Waals surface area contributed by atoms with Gasteiger partial charge in [0.15, 0.2) is 0 Å². The van der Waals surface area contributed by atoms with Crippen LogP contribution in [0.25, 0.3) is 0 Å². The van der Waals surface area contributed by atoms with Crippen LogP contribution in [0, 0.1) is 0 Å². The van der Waals surface area contributed by atoms with Gasteiger partial charge in [0.1, 0.15) is 17.4 Å².